The first kappa shape index (κ1) is 14.2. The maximum absolute atomic E-state index is 11.4. The third kappa shape index (κ3) is 4.14. The number of benzene rings is 1. The van der Waals surface area contributed by atoms with Gasteiger partial charge in [0.05, 0.1) is 0 Å². The van der Waals surface area contributed by atoms with Gasteiger partial charge in [0.15, 0.2) is 0 Å². The van der Waals surface area contributed by atoms with Gasteiger partial charge in [0.1, 0.15) is 6.04 Å². The second-order valence-electron chi connectivity index (χ2n) is 4.76. The van der Waals surface area contributed by atoms with Gasteiger partial charge < -0.3 is 5.11 Å². The van der Waals surface area contributed by atoms with Crippen molar-refractivity contribution in [2.24, 2.45) is 0 Å². The van der Waals surface area contributed by atoms with E-state index >= 15 is 0 Å². The van der Waals surface area contributed by atoms with E-state index in [1.165, 1.54) is 0 Å². The first-order chi connectivity index (χ1) is 9.16. The van der Waals surface area contributed by atoms with Crippen molar-refractivity contribution in [1.82, 2.24) is 4.90 Å². The maximum Gasteiger partial charge on any atom is 0.320 e. The monoisotopic (exact) mass is 281 g/mol. The van der Waals surface area contributed by atoms with E-state index in [1.807, 2.05) is 35.2 Å². The smallest absolute Gasteiger partial charge is 0.320 e. The summed E-state index contributed by atoms with van der Waals surface area (Å²) in [7, 11) is -0.765. The Labute approximate surface area is 115 Å². The Balaban J connectivity index is 1.93. The highest BCUT2D eigenvalue weighted by atomic mass is 32.2. The quantitative estimate of drug-likeness (QED) is 0.879. The van der Waals surface area contributed by atoms with Crippen molar-refractivity contribution in [3.05, 3.63) is 35.9 Å². The molecule has 0 radical (unpaired) electrons. The zero-order valence-corrected chi connectivity index (χ0v) is 11.6. The average molecular weight is 281 g/mol. The summed E-state index contributed by atoms with van der Waals surface area (Å²) in [5.41, 5.74) is 1.16. The highest BCUT2D eigenvalue weighted by molar-refractivity contribution is 7.85. The van der Waals surface area contributed by atoms with Crippen LogP contribution in [0.3, 0.4) is 0 Å². The standard InChI is InChI=1S/C14H19NO3S/c16-14(17)13(15-8-10-19(18)11-9-15)7-6-12-4-2-1-3-5-12/h1-5,13H,6-11H2,(H,16,17). The van der Waals surface area contributed by atoms with Crippen molar-refractivity contribution in [2.75, 3.05) is 24.6 Å². The third-order valence-electron chi connectivity index (χ3n) is 3.49. The molecule has 1 saturated heterocycles. The van der Waals surface area contributed by atoms with Crippen LogP contribution in [0.25, 0.3) is 0 Å². The van der Waals surface area contributed by atoms with Gasteiger partial charge in [-0.25, -0.2) is 0 Å². The normalized spacial score (nSPS) is 19.2. The summed E-state index contributed by atoms with van der Waals surface area (Å²) in [5.74, 6) is 0.410. The summed E-state index contributed by atoms with van der Waals surface area (Å²) in [5, 5.41) is 9.35. The molecule has 1 N–H and O–H groups in total. The lowest BCUT2D eigenvalue weighted by Crippen LogP contribution is -2.48. The van der Waals surface area contributed by atoms with Crippen molar-refractivity contribution in [3.8, 4) is 0 Å². The second-order valence-corrected chi connectivity index (χ2v) is 6.46. The van der Waals surface area contributed by atoms with Crippen LogP contribution in [-0.4, -0.2) is 50.8 Å². The molecule has 0 amide bonds. The van der Waals surface area contributed by atoms with E-state index in [-0.39, 0.29) is 0 Å². The number of carboxylic acid groups (broad SMARTS) is 1. The summed E-state index contributed by atoms with van der Waals surface area (Å²) in [6.45, 7) is 1.25. The Bertz CT molecular complexity index is 439. The molecule has 5 heteroatoms. The molecule has 2 rings (SSSR count). The van der Waals surface area contributed by atoms with Crippen LogP contribution in [0.4, 0.5) is 0 Å². The fourth-order valence-electron chi connectivity index (χ4n) is 2.37. The zero-order valence-electron chi connectivity index (χ0n) is 10.8. The van der Waals surface area contributed by atoms with Crippen LogP contribution in [0.5, 0.6) is 0 Å². The summed E-state index contributed by atoms with van der Waals surface area (Å²) in [6.07, 6.45) is 1.36. The number of carbonyl (C=O) groups is 1. The Morgan fingerprint density at radius 2 is 1.89 bits per heavy atom. The number of rotatable bonds is 5. The Morgan fingerprint density at radius 3 is 2.47 bits per heavy atom. The predicted molar refractivity (Wildman–Crippen MR) is 75.6 cm³/mol. The average Bonchev–Trinajstić information content (AvgIpc) is 2.42. The van der Waals surface area contributed by atoms with Crippen molar-refractivity contribution in [3.63, 3.8) is 0 Å². The molecule has 0 spiro atoms. The van der Waals surface area contributed by atoms with Gasteiger partial charge in [-0.3, -0.25) is 13.9 Å². The Morgan fingerprint density at radius 1 is 1.26 bits per heavy atom. The first-order valence-corrected chi connectivity index (χ1v) is 8.01. The van der Waals surface area contributed by atoms with Crippen molar-refractivity contribution < 1.29 is 14.1 Å². The molecule has 0 aliphatic carbocycles. The lowest BCUT2D eigenvalue weighted by Gasteiger charge is -2.31. The van der Waals surface area contributed by atoms with Gasteiger partial charge in [-0.1, -0.05) is 30.3 Å². The largest absolute Gasteiger partial charge is 0.480 e. The van der Waals surface area contributed by atoms with Crippen molar-refractivity contribution in [1.29, 1.82) is 0 Å². The number of hydrogen-bond donors (Lipinski definition) is 1. The molecule has 1 aliphatic rings. The van der Waals surface area contributed by atoms with Gasteiger partial charge >= 0.3 is 5.97 Å². The molecule has 104 valence electrons. The van der Waals surface area contributed by atoms with Crippen molar-refractivity contribution >= 4 is 16.8 Å². The van der Waals surface area contributed by atoms with Crippen LogP contribution in [-0.2, 0) is 22.0 Å². The molecule has 1 aromatic rings. The molecule has 4 nitrogen and oxygen atoms in total. The van der Waals surface area contributed by atoms with E-state index in [0.29, 0.717) is 31.0 Å². The fourth-order valence-corrected chi connectivity index (χ4v) is 3.45. The van der Waals surface area contributed by atoms with Gasteiger partial charge in [-0.15, -0.1) is 0 Å². The number of nitrogens with zero attached hydrogens (tertiary/aromatic N) is 1. The molecule has 1 unspecified atom stereocenters. The minimum absolute atomic E-state index is 0.461. The van der Waals surface area contributed by atoms with Gasteiger partial charge in [0, 0.05) is 35.4 Å². The van der Waals surface area contributed by atoms with Crippen LogP contribution < -0.4 is 0 Å². The highest BCUT2D eigenvalue weighted by Gasteiger charge is 2.28. The van der Waals surface area contributed by atoms with E-state index in [1.54, 1.807) is 0 Å². The molecule has 0 saturated carbocycles. The third-order valence-corrected chi connectivity index (χ3v) is 4.76. The zero-order chi connectivity index (χ0) is 13.7. The second kappa shape index (κ2) is 6.82. The molecular weight excluding hydrogens is 262 g/mol. The predicted octanol–water partition coefficient (Wildman–Crippen LogP) is 1.14. The summed E-state index contributed by atoms with van der Waals surface area (Å²) < 4.78 is 11.3. The molecule has 1 aromatic carbocycles. The van der Waals surface area contributed by atoms with E-state index in [9.17, 15) is 14.1 Å². The lowest BCUT2D eigenvalue weighted by molar-refractivity contribution is -0.143. The summed E-state index contributed by atoms with van der Waals surface area (Å²) in [4.78, 5) is 13.3. The number of aliphatic carboxylic acids is 1. The first-order valence-electron chi connectivity index (χ1n) is 6.52. The van der Waals surface area contributed by atoms with Gasteiger partial charge in [-0.2, -0.15) is 0 Å². The Kier molecular flexibility index (Phi) is 5.10. The topological polar surface area (TPSA) is 57.6 Å². The van der Waals surface area contributed by atoms with Crippen LogP contribution in [0, 0.1) is 0 Å². The summed E-state index contributed by atoms with van der Waals surface area (Å²) >= 11 is 0. The molecule has 1 heterocycles. The molecular formula is C14H19NO3S. The minimum Gasteiger partial charge on any atom is -0.480 e. The van der Waals surface area contributed by atoms with Gasteiger partial charge in [0.25, 0.3) is 0 Å². The molecule has 1 aliphatic heterocycles. The van der Waals surface area contributed by atoms with Crippen LogP contribution in [0.2, 0.25) is 0 Å². The van der Waals surface area contributed by atoms with E-state index in [2.05, 4.69) is 0 Å². The number of carboxylic acids is 1. The SMILES string of the molecule is O=C(O)C(CCc1ccccc1)N1CCS(=O)CC1. The molecule has 0 aromatic heterocycles. The highest BCUT2D eigenvalue weighted by Crippen LogP contribution is 2.13. The molecule has 19 heavy (non-hydrogen) atoms. The van der Waals surface area contributed by atoms with Gasteiger partial charge in [-0.05, 0) is 18.4 Å². The lowest BCUT2D eigenvalue weighted by atomic mass is 10.0. The molecule has 1 fully saturated rings. The van der Waals surface area contributed by atoms with Crippen LogP contribution in [0.1, 0.15) is 12.0 Å². The van der Waals surface area contributed by atoms with Crippen LogP contribution in [0.15, 0.2) is 30.3 Å². The Hall–Kier alpha value is -1.20. The van der Waals surface area contributed by atoms with Gasteiger partial charge in [0.2, 0.25) is 0 Å². The van der Waals surface area contributed by atoms with E-state index in [0.717, 1.165) is 12.0 Å². The minimum atomic E-state index is -0.774. The fraction of sp³-hybridized carbons (Fsp3) is 0.500. The van der Waals surface area contributed by atoms with Crippen molar-refractivity contribution in [2.45, 2.75) is 18.9 Å². The molecule has 0 bridgehead atoms. The maximum atomic E-state index is 11.4. The summed E-state index contributed by atoms with van der Waals surface area (Å²) in [6, 6.07) is 9.47. The van der Waals surface area contributed by atoms with E-state index in [4.69, 9.17) is 0 Å². The number of aryl methyl sites for hydroxylation is 1. The van der Waals surface area contributed by atoms with E-state index < -0.39 is 22.8 Å². The molecule has 1 atom stereocenters. The number of hydrogen-bond acceptors (Lipinski definition) is 3. The van der Waals surface area contributed by atoms with Crippen LogP contribution >= 0.6 is 0 Å².